The average Bonchev–Trinajstić information content (AvgIpc) is 3.15. The van der Waals surface area contributed by atoms with Gasteiger partial charge in [0, 0.05) is 30.5 Å². The summed E-state index contributed by atoms with van der Waals surface area (Å²) in [7, 11) is 0. The average molecular weight is 284 g/mol. The fraction of sp³-hybridized carbons (Fsp3) is 0.312. The SMILES string of the molecule is CC1c2cccn2CCN1C(=O)c1ccc2c(c1)OCO2. The molecule has 0 radical (unpaired) electrons. The lowest BCUT2D eigenvalue weighted by molar-refractivity contribution is 0.0643. The van der Waals surface area contributed by atoms with E-state index in [0.717, 1.165) is 13.1 Å². The molecule has 2 aliphatic heterocycles. The van der Waals surface area contributed by atoms with E-state index in [4.69, 9.17) is 9.47 Å². The number of hydrogen-bond acceptors (Lipinski definition) is 3. The monoisotopic (exact) mass is 284 g/mol. The van der Waals surface area contributed by atoms with Gasteiger partial charge in [-0.3, -0.25) is 4.79 Å². The fourth-order valence-electron chi connectivity index (χ4n) is 3.05. The maximum atomic E-state index is 12.8. The Bertz CT molecular complexity index is 707. The van der Waals surface area contributed by atoms with Gasteiger partial charge < -0.3 is 18.9 Å². The van der Waals surface area contributed by atoms with Crippen molar-refractivity contribution in [2.75, 3.05) is 13.3 Å². The van der Waals surface area contributed by atoms with Gasteiger partial charge in [0.2, 0.25) is 6.79 Å². The van der Waals surface area contributed by atoms with Crippen LogP contribution in [0.4, 0.5) is 0 Å². The molecule has 0 saturated carbocycles. The molecule has 1 unspecified atom stereocenters. The summed E-state index contributed by atoms with van der Waals surface area (Å²) in [4.78, 5) is 14.7. The predicted octanol–water partition coefficient (Wildman–Crippen LogP) is 2.43. The number of ether oxygens (including phenoxy) is 2. The number of amides is 1. The van der Waals surface area contributed by atoms with E-state index < -0.39 is 0 Å². The molecular weight excluding hydrogens is 268 g/mol. The number of hydrogen-bond donors (Lipinski definition) is 0. The highest BCUT2D eigenvalue weighted by molar-refractivity contribution is 5.95. The summed E-state index contributed by atoms with van der Waals surface area (Å²) in [5.41, 5.74) is 1.82. The highest BCUT2D eigenvalue weighted by atomic mass is 16.7. The molecule has 2 aromatic rings. The molecular formula is C16H16N2O3. The molecule has 1 amide bonds. The molecule has 1 aromatic heterocycles. The Morgan fingerprint density at radius 2 is 2.05 bits per heavy atom. The minimum absolute atomic E-state index is 0.0354. The van der Waals surface area contributed by atoms with Crippen molar-refractivity contribution >= 4 is 5.91 Å². The Kier molecular flexibility index (Phi) is 2.67. The zero-order valence-corrected chi connectivity index (χ0v) is 11.8. The molecule has 0 N–H and O–H groups in total. The second kappa shape index (κ2) is 4.55. The third-order valence-electron chi connectivity index (χ3n) is 4.22. The van der Waals surface area contributed by atoms with Crippen molar-refractivity contribution < 1.29 is 14.3 Å². The van der Waals surface area contributed by atoms with Gasteiger partial charge in [-0.05, 0) is 37.3 Å². The molecule has 0 saturated heterocycles. The van der Waals surface area contributed by atoms with Crippen LogP contribution >= 0.6 is 0 Å². The highest BCUT2D eigenvalue weighted by Crippen LogP contribution is 2.34. The summed E-state index contributed by atoms with van der Waals surface area (Å²) in [6, 6.07) is 9.55. The van der Waals surface area contributed by atoms with Gasteiger partial charge in [0.25, 0.3) is 5.91 Å². The Morgan fingerprint density at radius 1 is 1.19 bits per heavy atom. The summed E-state index contributed by atoms with van der Waals surface area (Å²) in [6.45, 7) is 3.84. The third-order valence-corrected chi connectivity index (χ3v) is 4.22. The lowest BCUT2D eigenvalue weighted by atomic mass is 10.1. The first-order valence-electron chi connectivity index (χ1n) is 7.10. The van der Waals surface area contributed by atoms with E-state index in [2.05, 4.69) is 23.8 Å². The van der Waals surface area contributed by atoms with E-state index in [1.807, 2.05) is 11.0 Å². The van der Waals surface area contributed by atoms with E-state index in [9.17, 15) is 4.79 Å². The predicted molar refractivity (Wildman–Crippen MR) is 76.4 cm³/mol. The lowest BCUT2D eigenvalue weighted by Crippen LogP contribution is -2.40. The number of nitrogens with zero attached hydrogens (tertiary/aromatic N) is 2. The topological polar surface area (TPSA) is 43.7 Å². The van der Waals surface area contributed by atoms with Gasteiger partial charge in [-0.2, -0.15) is 0 Å². The molecule has 3 heterocycles. The van der Waals surface area contributed by atoms with Crippen molar-refractivity contribution in [3.63, 3.8) is 0 Å². The van der Waals surface area contributed by atoms with E-state index in [0.29, 0.717) is 17.1 Å². The number of benzene rings is 1. The third kappa shape index (κ3) is 1.88. The molecule has 108 valence electrons. The second-order valence-corrected chi connectivity index (χ2v) is 5.37. The van der Waals surface area contributed by atoms with Crippen LogP contribution in [0.15, 0.2) is 36.5 Å². The van der Waals surface area contributed by atoms with E-state index in [-0.39, 0.29) is 18.7 Å². The molecule has 21 heavy (non-hydrogen) atoms. The molecule has 5 heteroatoms. The van der Waals surface area contributed by atoms with Crippen LogP contribution in [0.2, 0.25) is 0 Å². The van der Waals surface area contributed by atoms with Crippen LogP contribution in [0.5, 0.6) is 11.5 Å². The van der Waals surface area contributed by atoms with Crippen molar-refractivity contribution in [3.8, 4) is 11.5 Å². The fourth-order valence-corrected chi connectivity index (χ4v) is 3.05. The summed E-state index contributed by atoms with van der Waals surface area (Å²) in [6.07, 6.45) is 2.06. The van der Waals surface area contributed by atoms with Crippen molar-refractivity contribution in [1.29, 1.82) is 0 Å². The molecule has 2 aliphatic rings. The van der Waals surface area contributed by atoms with Crippen LogP contribution in [0.25, 0.3) is 0 Å². The molecule has 0 spiro atoms. The van der Waals surface area contributed by atoms with Crippen molar-refractivity contribution in [1.82, 2.24) is 9.47 Å². The first-order valence-corrected chi connectivity index (χ1v) is 7.10. The van der Waals surface area contributed by atoms with Crippen molar-refractivity contribution in [3.05, 3.63) is 47.8 Å². The van der Waals surface area contributed by atoms with E-state index in [1.165, 1.54) is 5.69 Å². The van der Waals surface area contributed by atoms with Gasteiger partial charge in [0.15, 0.2) is 11.5 Å². The first kappa shape index (κ1) is 12.3. The van der Waals surface area contributed by atoms with Crippen LogP contribution in [-0.2, 0) is 6.54 Å². The van der Waals surface area contributed by atoms with E-state index in [1.54, 1.807) is 18.2 Å². The standard InChI is InChI=1S/C16H16N2O3/c1-11-13-3-2-6-17(13)7-8-18(11)16(19)12-4-5-14-15(9-12)21-10-20-14/h2-6,9,11H,7-8,10H2,1H3. The molecule has 1 atom stereocenters. The number of carbonyl (C=O) groups excluding carboxylic acids is 1. The van der Waals surface area contributed by atoms with Gasteiger partial charge in [-0.25, -0.2) is 0 Å². The summed E-state index contributed by atoms with van der Waals surface area (Å²) in [5, 5.41) is 0. The van der Waals surface area contributed by atoms with Gasteiger partial charge in [-0.1, -0.05) is 0 Å². The number of carbonyl (C=O) groups is 1. The van der Waals surface area contributed by atoms with Crippen molar-refractivity contribution in [2.45, 2.75) is 19.5 Å². The Labute approximate surface area is 122 Å². The van der Waals surface area contributed by atoms with Crippen LogP contribution in [0, 0.1) is 0 Å². The summed E-state index contributed by atoms with van der Waals surface area (Å²) >= 11 is 0. The van der Waals surface area contributed by atoms with E-state index >= 15 is 0 Å². The molecule has 0 fully saturated rings. The maximum absolute atomic E-state index is 12.8. The second-order valence-electron chi connectivity index (χ2n) is 5.37. The van der Waals surface area contributed by atoms with Crippen LogP contribution in [-0.4, -0.2) is 28.7 Å². The Morgan fingerprint density at radius 3 is 2.95 bits per heavy atom. The molecule has 0 bridgehead atoms. The minimum Gasteiger partial charge on any atom is -0.454 e. The number of rotatable bonds is 1. The largest absolute Gasteiger partial charge is 0.454 e. The molecule has 4 rings (SSSR count). The number of aromatic nitrogens is 1. The maximum Gasteiger partial charge on any atom is 0.254 e. The van der Waals surface area contributed by atoms with Gasteiger partial charge in [0.05, 0.1) is 6.04 Å². The Hall–Kier alpha value is -2.43. The summed E-state index contributed by atoms with van der Waals surface area (Å²) < 4.78 is 12.8. The zero-order chi connectivity index (χ0) is 14.4. The van der Waals surface area contributed by atoms with Crippen molar-refractivity contribution in [2.24, 2.45) is 0 Å². The van der Waals surface area contributed by atoms with Crippen LogP contribution < -0.4 is 9.47 Å². The molecule has 1 aromatic carbocycles. The first-order chi connectivity index (χ1) is 10.2. The smallest absolute Gasteiger partial charge is 0.254 e. The van der Waals surface area contributed by atoms with Crippen LogP contribution in [0.3, 0.4) is 0 Å². The normalized spacial score (nSPS) is 19.5. The van der Waals surface area contributed by atoms with Gasteiger partial charge >= 0.3 is 0 Å². The lowest BCUT2D eigenvalue weighted by Gasteiger charge is -2.35. The quantitative estimate of drug-likeness (QED) is 0.808. The van der Waals surface area contributed by atoms with Gasteiger partial charge in [-0.15, -0.1) is 0 Å². The zero-order valence-electron chi connectivity index (χ0n) is 11.8. The number of fused-ring (bicyclic) bond motifs is 2. The minimum atomic E-state index is 0.0354. The molecule has 5 nitrogen and oxygen atoms in total. The Balaban J connectivity index is 1.63. The summed E-state index contributed by atoms with van der Waals surface area (Å²) in [5.74, 6) is 1.38. The van der Waals surface area contributed by atoms with Crippen LogP contribution in [0.1, 0.15) is 29.0 Å². The highest BCUT2D eigenvalue weighted by Gasteiger charge is 2.29. The molecule has 0 aliphatic carbocycles. The van der Waals surface area contributed by atoms with Gasteiger partial charge in [0.1, 0.15) is 0 Å².